The molecular weight excluding hydrogens is 447 g/mol. The van der Waals surface area contributed by atoms with Gasteiger partial charge in [-0.2, -0.15) is 0 Å². The van der Waals surface area contributed by atoms with E-state index in [2.05, 4.69) is 66.8 Å². The van der Waals surface area contributed by atoms with Crippen molar-refractivity contribution in [1.29, 1.82) is 0 Å². The Kier molecular flexibility index (Phi) is 7.08. The van der Waals surface area contributed by atoms with E-state index in [4.69, 9.17) is 9.16 Å². The molecule has 0 aromatic carbocycles. The van der Waals surface area contributed by atoms with E-state index < -0.39 is 20.0 Å². The molecule has 1 aromatic heterocycles. The second-order valence-corrected chi connectivity index (χ2v) is 14.6. The average Bonchev–Trinajstić information content (AvgIpc) is 2.37. The molecule has 0 aliphatic carbocycles. The fraction of sp³-hybridized carbons (Fsp3) is 0.667. The van der Waals surface area contributed by atoms with Crippen molar-refractivity contribution in [3.63, 3.8) is 0 Å². The largest absolute Gasteiger partial charge is 0.444 e. The number of aryl methyl sites for hydroxylation is 1. The third-order valence-corrected chi connectivity index (χ3v) is 9.50. The molecular formula is C18H31IN2O3Si. The summed E-state index contributed by atoms with van der Waals surface area (Å²) in [6, 6.07) is 1.96. The minimum Gasteiger partial charge on any atom is -0.444 e. The topological polar surface area (TPSA) is 60.5 Å². The summed E-state index contributed by atoms with van der Waals surface area (Å²) in [5.41, 5.74) is 1.97. The van der Waals surface area contributed by atoms with Gasteiger partial charge in [-0.05, 0) is 80.0 Å². The molecule has 1 N–H and O–H groups in total. The van der Waals surface area contributed by atoms with Crippen molar-refractivity contribution >= 4 is 42.7 Å². The normalized spacial score (nSPS) is 12.9. The van der Waals surface area contributed by atoms with Crippen LogP contribution in [0, 0.1) is 10.6 Å². The summed E-state index contributed by atoms with van der Waals surface area (Å²) in [4.78, 5) is 16.6. The second kappa shape index (κ2) is 7.92. The number of pyridine rings is 1. The highest BCUT2D eigenvalue weighted by Gasteiger charge is 2.37. The van der Waals surface area contributed by atoms with E-state index in [1.54, 1.807) is 0 Å². The van der Waals surface area contributed by atoms with Gasteiger partial charge in [0.15, 0.2) is 8.32 Å². The predicted molar refractivity (Wildman–Crippen MR) is 114 cm³/mol. The molecule has 0 fully saturated rings. The van der Waals surface area contributed by atoms with Crippen molar-refractivity contribution in [2.24, 2.45) is 0 Å². The molecule has 7 heteroatoms. The number of nitrogens with zero attached hydrogens (tertiary/aromatic N) is 1. The van der Waals surface area contributed by atoms with Crippen LogP contribution in [0.5, 0.6) is 0 Å². The zero-order valence-electron chi connectivity index (χ0n) is 16.8. The summed E-state index contributed by atoms with van der Waals surface area (Å²) in [5.74, 6) is 0. The van der Waals surface area contributed by atoms with E-state index in [1.165, 1.54) is 0 Å². The highest BCUT2D eigenvalue weighted by molar-refractivity contribution is 14.1. The first-order valence-corrected chi connectivity index (χ1v) is 12.4. The number of hydrogen-bond acceptors (Lipinski definition) is 4. The zero-order chi connectivity index (χ0) is 19.6. The number of ether oxygens (including phenoxy) is 1. The summed E-state index contributed by atoms with van der Waals surface area (Å²) >= 11 is 2.13. The van der Waals surface area contributed by atoms with Crippen LogP contribution in [0.4, 0.5) is 10.5 Å². The Morgan fingerprint density at radius 2 is 1.80 bits per heavy atom. The van der Waals surface area contributed by atoms with Crippen LogP contribution in [-0.2, 0) is 15.8 Å². The van der Waals surface area contributed by atoms with E-state index in [0.29, 0.717) is 12.3 Å². The molecule has 0 radical (unpaired) electrons. The molecule has 0 aliphatic rings. The van der Waals surface area contributed by atoms with Crippen LogP contribution in [0.25, 0.3) is 0 Å². The van der Waals surface area contributed by atoms with Gasteiger partial charge in [-0.1, -0.05) is 20.8 Å². The van der Waals surface area contributed by atoms with Crippen LogP contribution in [0.2, 0.25) is 18.1 Å². The molecule has 5 nitrogen and oxygen atoms in total. The highest BCUT2D eigenvalue weighted by Crippen LogP contribution is 2.37. The fourth-order valence-corrected chi connectivity index (χ4v) is 3.61. The van der Waals surface area contributed by atoms with Gasteiger partial charge in [0, 0.05) is 0 Å². The molecule has 0 aliphatic heterocycles. The molecule has 142 valence electrons. The highest BCUT2D eigenvalue weighted by atomic mass is 127. The Hall–Kier alpha value is -0.673. The van der Waals surface area contributed by atoms with Crippen molar-refractivity contribution < 1.29 is 14.0 Å². The minimum absolute atomic E-state index is 0.160. The number of halogens is 1. The van der Waals surface area contributed by atoms with Crippen molar-refractivity contribution in [1.82, 2.24) is 4.98 Å². The van der Waals surface area contributed by atoms with Gasteiger partial charge in [0.25, 0.3) is 0 Å². The molecule has 1 amide bonds. The van der Waals surface area contributed by atoms with Crippen molar-refractivity contribution in [2.45, 2.75) is 78.8 Å². The van der Waals surface area contributed by atoms with Crippen LogP contribution < -0.4 is 5.32 Å². The molecule has 1 heterocycles. The maximum absolute atomic E-state index is 12.0. The van der Waals surface area contributed by atoms with E-state index in [9.17, 15) is 4.79 Å². The smallest absolute Gasteiger partial charge is 0.412 e. The molecule has 1 rings (SSSR count). The first-order chi connectivity index (χ1) is 11.1. The van der Waals surface area contributed by atoms with Crippen LogP contribution in [0.3, 0.4) is 0 Å². The number of carbonyl (C=O) groups excluding carboxylic acids is 1. The van der Waals surface area contributed by atoms with Crippen molar-refractivity contribution in [3.8, 4) is 0 Å². The third kappa shape index (κ3) is 6.86. The Balaban J connectivity index is 2.88. The standard InChI is InChI=1S/C18H31IN2O3Si/c1-12-10-13(11-23-25(8,9)18(5,6)7)20-15(19)14(12)21-16(22)24-17(2,3)4/h10H,11H2,1-9H3,(H,21,22). The SMILES string of the molecule is Cc1cc(CO[Si](C)(C)C(C)(C)C)nc(I)c1NC(=O)OC(C)(C)C. The van der Waals surface area contributed by atoms with Gasteiger partial charge < -0.3 is 9.16 Å². The van der Waals surface area contributed by atoms with Gasteiger partial charge >= 0.3 is 6.09 Å². The van der Waals surface area contributed by atoms with Gasteiger partial charge in [-0.25, -0.2) is 9.78 Å². The van der Waals surface area contributed by atoms with Crippen LogP contribution >= 0.6 is 22.6 Å². The van der Waals surface area contributed by atoms with Gasteiger partial charge in [-0.3, -0.25) is 5.32 Å². The van der Waals surface area contributed by atoms with Gasteiger partial charge in [-0.15, -0.1) is 0 Å². The molecule has 0 saturated carbocycles. The maximum Gasteiger partial charge on any atom is 0.412 e. The predicted octanol–water partition coefficient (Wildman–Crippen LogP) is 5.86. The summed E-state index contributed by atoms with van der Waals surface area (Å²) in [6.45, 7) is 19.1. The second-order valence-electron chi connectivity index (χ2n) is 8.77. The lowest BCUT2D eigenvalue weighted by Crippen LogP contribution is -2.40. The number of nitrogens with one attached hydrogen (secondary N) is 1. The Bertz CT molecular complexity index is 611. The summed E-state index contributed by atoms with van der Waals surface area (Å²) in [7, 11) is -1.82. The van der Waals surface area contributed by atoms with Gasteiger partial charge in [0.05, 0.1) is 18.0 Å². The quantitative estimate of drug-likeness (QED) is 0.334. The van der Waals surface area contributed by atoms with Gasteiger partial charge in [0.2, 0.25) is 0 Å². The van der Waals surface area contributed by atoms with E-state index in [-0.39, 0.29) is 5.04 Å². The minimum atomic E-state index is -1.82. The monoisotopic (exact) mass is 478 g/mol. The summed E-state index contributed by atoms with van der Waals surface area (Å²) < 4.78 is 12.3. The summed E-state index contributed by atoms with van der Waals surface area (Å²) in [5, 5.41) is 2.96. The van der Waals surface area contributed by atoms with Gasteiger partial charge in [0.1, 0.15) is 9.30 Å². The molecule has 0 spiro atoms. The molecule has 1 aromatic rings. The number of rotatable bonds is 4. The number of amides is 1. The lowest BCUT2D eigenvalue weighted by molar-refractivity contribution is 0.0635. The van der Waals surface area contributed by atoms with E-state index in [0.717, 1.165) is 15.0 Å². The number of anilines is 1. The average molecular weight is 478 g/mol. The van der Waals surface area contributed by atoms with E-state index >= 15 is 0 Å². The number of aromatic nitrogens is 1. The molecule has 0 unspecified atom stereocenters. The first kappa shape index (κ1) is 22.4. The van der Waals surface area contributed by atoms with Crippen molar-refractivity contribution in [2.75, 3.05) is 5.32 Å². The fourth-order valence-electron chi connectivity index (χ4n) is 1.80. The van der Waals surface area contributed by atoms with Crippen LogP contribution in [0.1, 0.15) is 52.8 Å². The Morgan fingerprint density at radius 3 is 2.24 bits per heavy atom. The molecule has 0 saturated heterocycles. The Morgan fingerprint density at radius 1 is 1.24 bits per heavy atom. The van der Waals surface area contributed by atoms with E-state index in [1.807, 2.05) is 33.8 Å². The third-order valence-electron chi connectivity index (χ3n) is 4.24. The first-order valence-electron chi connectivity index (χ1n) is 8.42. The lowest BCUT2D eigenvalue weighted by atomic mass is 10.2. The summed E-state index contributed by atoms with van der Waals surface area (Å²) in [6.07, 6.45) is -0.472. The molecule has 25 heavy (non-hydrogen) atoms. The Labute approximate surface area is 166 Å². The zero-order valence-corrected chi connectivity index (χ0v) is 20.0. The molecule has 0 bridgehead atoms. The van der Waals surface area contributed by atoms with Crippen LogP contribution in [0.15, 0.2) is 6.07 Å². The maximum atomic E-state index is 12.0. The van der Waals surface area contributed by atoms with Crippen molar-refractivity contribution in [3.05, 3.63) is 21.0 Å². The van der Waals surface area contributed by atoms with Crippen LogP contribution in [-0.4, -0.2) is 25.0 Å². The number of carbonyl (C=O) groups is 1. The molecule has 0 atom stereocenters. The lowest BCUT2D eigenvalue weighted by Gasteiger charge is -2.36. The number of hydrogen-bond donors (Lipinski definition) is 1.